The topological polar surface area (TPSA) is 30.5 Å². The Morgan fingerprint density at radius 3 is 3.13 bits per heavy atom. The van der Waals surface area contributed by atoms with Crippen molar-refractivity contribution in [3.63, 3.8) is 0 Å². The van der Waals surface area contributed by atoms with Gasteiger partial charge in [-0.3, -0.25) is 0 Å². The summed E-state index contributed by atoms with van der Waals surface area (Å²) in [6.07, 6.45) is -0.0171. The van der Waals surface area contributed by atoms with Crippen LogP contribution in [0.15, 0.2) is 24.3 Å². The summed E-state index contributed by atoms with van der Waals surface area (Å²) >= 11 is 10.7. The molecule has 1 atom stereocenters. The second-order valence-electron chi connectivity index (χ2n) is 3.18. The van der Waals surface area contributed by atoms with Gasteiger partial charge in [0.25, 0.3) is 5.17 Å². The van der Waals surface area contributed by atoms with Crippen molar-refractivity contribution >= 4 is 29.0 Å². The first-order valence-corrected chi connectivity index (χ1v) is 5.35. The van der Waals surface area contributed by atoms with Crippen LogP contribution in [-0.4, -0.2) is 24.4 Å². The normalized spacial score (nSPS) is 19.5. The smallest absolute Gasteiger partial charge is 0.257 e. The minimum atomic E-state index is -0.0171. The molecular weight excluding hydrogens is 234 g/mol. The van der Waals surface area contributed by atoms with Gasteiger partial charge in [0, 0.05) is 5.02 Å². The SMILES string of the molecule is S=C1NCC(COc2cccc(Cl)c2)O1. The molecule has 1 fully saturated rings. The lowest BCUT2D eigenvalue weighted by atomic mass is 10.3. The number of hydrogen-bond donors (Lipinski definition) is 1. The highest BCUT2D eigenvalue weighted by molar-refractivity contribution is 7.80. The molecule has 1 unspecified atom stereocenters. The van der Waals surface area contributed by atoms with Gasteiger partial charge < -0.3 is 14.8 Å². The highest BCUT2D eigenvalue weighted by Gasteiger charge is 2.20. The number of rotatable bonds is 3. The van der Waals surface area contributed by atoms with E-state index in [4.69, 9.17) is 33.3 Å². The Hall–Kier alpha value is -1.00. The van der Waals surface area contributed by atoms with E-state index in [2.05, 4.69) is 5.32 Å². The average molecular weight is 244 g/mol. The first-order valence-electron chi connectivity index (χ1n) is 4.57. The van der Waals surface area contributed by atoms with Crippen LogP contribution in [-0.2, 0) is 4.74 Å². The number of hydrogen-bond acceptors (Lipinski definition) is 3. The van der Waals surface area contributed by atoms with Gasteiger partial charge in [-0.1, -0.05) is 17.7 Å². The third kappa shape index (κ3) is 2.97. The van der Waals surface area contributed by atoms with Gasteiger partial charge in [-0.25, -0.2) is 0 Å². The Morgan fingerprint density at radius 2 is 2.47 bits per heavy atom. The number of thiocarbonyl (C=S) groups is 1. The molecule has 0 spiro atoms. The first-order chi connectivity index (χ1) is 7.24. The summed E-state index contributed by atoms with van der Waals surface area (Å²) in [5, 5.41) is 4.02. The second-order valence-corrected chi connectivity index (χ2v) is 3.98. The monoisotopic (exact) mass is 243 g/mol. The van der Waals surface area contributed by atoms with Gasteiger partial charge >= 0.3 is 0 Å². The van der Waals surface area contributed by atoms with Gasteiger partial charge in [0.05, 0.1) is 6.54 Å². The quantitative estimate of drug-likeness (QED) is 0.823. The standard InChI is InChI=1S/C10H10ClNO2S/c11-7-2-1-3-8(4-7)13-6-9-5-12-10(15)14-9/h1-4,9H,5-6H2,(H,12,15). The molecule has 1 aliphatic heterocycles. The molecule has 1 aromatic rings. The molecule has 0 aromatic heterocycles. The predicted molar refractivity (Wildman–Crippen MR) is 62.4 cm³/mol. The maximum Gasteiger partial charge on any atom is 0.257 e. The number of nitrogens with one attached hydrogen (secondary N) is 1. The highest BCUT2D eigenvalue weighted by atomic mass is 35.5. The highest BCUT2D eigenvalue weighted by Crippen LogP contribution is 2.17. The van der Waals surface area contributed by atoms with Crippen molar-refractivity contribution in [3.05, 3.63) is 29.3 Å². The van der Waals surface area contributed by atoms with E-state index in [1.54, 1.807) is 12.1 Å². The van der Waals surface area contributed by atoms with Crippen molar-refractivity contribution in [2.24, 2.45) is 0 Å². The van der Waals surface area contributed by atoms with Crippen LogP contribution in [0, 0.1) is 0 Å². The van der Waals surface area contributed by atoms with E-state index in [9.17, 15) is 0 Å². The fraction of sp³-hybridized carbons (Fsp3) is 0.300. The summed E-state index contributed by atoms with van der Waals surface area (Å²) in [5.41, 5.74) is 0. The molecule has 15 heavy (non-hydrogen) atoms. The van der Waals surface area contributed by atoms with Crippen LogP contribution in [0.1, 0.15) is 0 Å². The Morgan fingerprint density at radius 1 is 1.60 bits per heavy atom. The summed E-state index contributed by atoms with van der Waals surface area (Å²) in [6, 6.07) is 7.27. The van der Waals surface area contributed by atoms with Crippen LogP contribution < -0.4 is 10.1 Å². The molecule has 1 aliphatic rings. The van der Waals surface area contributed by atoms with E-state index >= 15 is 0 Å². The molecule has 3 nitrogen and oxygen atoms in total. The fourth-order valence-electron chi connectivity index (χ4n) is 1.27. The van der Waals surface area contributed by atoms with Gasteiger partial charge in [0.1, 0.15) is 12.4 Å². The fourth-order valence-corrected chi connectivity index (χ4v) is 1.67. The molecule has 0 aliphatic carbocycles. The van der Waals surface area contributed by atoms with E-state index in [0.717, 1.165) is 5.75 Å². The molecule has 0 bridgehead atoms. The maximum atomic E-state index is 5.82. The van der Waals surface area contributed by atoms with E-state index in [1.807, 2.05) is 12.1 Å². The van der Waals surface area contributed by atoms with Crippen molar-refractivity contribution in [1.29, 1.82) is 0 Å². The van der Waals surface area contributed by atoms with E-state index in [-0.39, 0.29) is 6.10 Å². The molecule has 1 aromatic carbocycles. The zero-order valence-corrected chi connectivity index (χ0v) is 9.48. The minimum Gasteiger partial charge on any atom is -0.490 e. The Labute approximate surface area is 98.3 Å². The lowest BCUT2D eigenvalue weighted by Crippen LogP contribution is -2.21. The molecule has 80 valence electrons. The van der Waals surface area contributed by atoms with Crippen LogP contribution in [0.2, 0.25) is 5.02 Å². The molecule has 2 rings (SSSR count). The second kappa shape index (κ2) is 4.68. The van der Waals surface area contributed by atoms with Gasteiger partial charge in [-0.05, 0) is 30.4 Å². The zero-order chi connectivity index (χ0) is 10.7. The summed E-state index contributed by atoms with van der Waals surface area (Å²) in [6.45, 7) is 1.16. The van der Waals surface area contributed by atoms with Crippen LogP contribution in [0.25, 0.3) is 0 Å². The average Bonchev–Trinajstić information content (AvgIpc) is 2.62. The number of halogens is 1. The predicted octanol–water partition coefficient (Wildman–Crippen LogP) is 1.99. The largest absolute Gasteiger partial charge is 0.490 e. The lowest BCUT2D eigenvalue weighted by Gasteiger charge is -2.10. The van der Waals surface area contributed by atoms with E-state index in [0.29, 0.717) is 23.3 Å². The summed E-state index contributed by atoms with van der Waals surface area (Å²) in [4.78, 5) is 0. The van der Waals surface area contributed by atoms with Crippen LogP contribution in [0.3, 0.4) is 0 Å². The maximum absolute atomic E-state index is 5.82. The van der Waals surface area contributed by atoms with Crippen molar-refractivity contribution in [2.75, 3.05) is 13.2 Å². The van der Waals surface area contributed by atoms with Crippen LogP contribution >= 0.6 is 23.8 Å². The van der Waals surface area contributed by atoms with Crippen molar-refractivity contribution < 1.29 is 9.47 Å². The minimum absolute atomic E-state index is 0.0171. The van der Waals surface area contributed by atoms with E-state index < -0.39 is 0 Å². The molecule has 0 amide bonds. The van der Waals surface area contributed by atoms with Gasteiger partial charge in [-0.2, -0.15) is 0 Å². The third-order valence-corrected chi connectivity index (χ3v) is 2.46. The van der Waals surface area contributed by atoms with Crippen molar-refractivity contribution in [1.82, 2.24) is 5.32 Å². The number of benzene rings is 1. The molecule has 5 heteroatoms. The summed E-state index contributed by atoms with van der Waals surface area (Å²) in [7, 11) is 0. The van der Waals surface area contributed by atoms with Gasteiger partial charge in [0.2, 0.25) is 0 Å². The molecular formula is C10H10ClNO2S. The Bertz CT molecular complexity index is 372. The zero-order valence-electron chi connectivity index (χ0n) is 7.90. The Balaban J connectivity index is 1.85. The molecule has 1 saturated heterocycles. The molecule has 1 heterocycles. The summed E-state index contributed by atoms with van der Waals surface area (Å²) in [5.74, 6) is 0.740. The van der Waals surface area contributed by atoms with Crippen LogP contribution in [0.5, 0.6) is 5.75 Å². The van der Waals surface area contributed by atoms with Gasteiger partial charge in [-0.15, -0.1) is 0 Å². The lowest BCUT2D eigenvalue weighted by molar-refractivity contribution is 0.150. The molecule has 1 N–H and O–H groups in total. The van der Waals surface area contributed by atoms with Gasteiger partial charge in [0.15, 0.2) is 6.10 Å². The number of ether oxygens (including phenoxy) is 2. The first kappa shape index (κ1) is 10.5. The van der Waals surface area contributed by atoms with E-state index in [1.165, 1.54) is 0 Å². The van der Waals surface area contributed by atoms with Crippen LogP contribution in [0.4, 0.5) is 0 Å². The van der Waals surface area contributed by atoms with Crippen molar-refractivity contribution in [3.8, 4) is 5.75 Å². The Kier molecular flexibility index (Phi) is 3.28. The summed E-state index contributed by atoms with van der Waals surface area (Å²) < 4.78 is 10.8. The molecule has 0 radical (unpaired) electrons. The molecule has 0 saturated carbocycles. The third-order valence-electron chi connectivity index (χ3n) is 1.98. The van der Waals surface area contributed by atoms with Crippen molar-refractivity contribution in [2.45, 2.75) is 6.10 Å².